The van der Waals surface area contributed by atoms with Crippen LogP contribution in [0.4, 0.5) is 4.39 Å². The van der Waals surface area contributed by atoms with Crippen molar-refractivity contribution in [1.29, 1.82) is 0 Å². The predicted molar refractivity (Wildman–Crippen MR) is 98.3 cm³/mol. The molecule has 0 radical (unpaired) electrons. The van der Waals surface area contributed by atoms with E-state index in [1.54, 1.807) is 36.2 Å². The van der Waals surface area contributed by atoms with Crippen LogP contribution in [0.25, 0.3) is 0 Å². The fourth-order valence-electron chi connectivity index (χ4n) is 3.11. The number of likely N-dealkylation sites (tertiary alicyclic amines) is 1. The van der Waals surface area contributed by atoms with Crippen molar-refractivity contribution >= 4 is 23.4 Å². The van der Waals surface area contributed by atoms with E-state index in [1.165, 1.54) is 17.0 Å². The van der Waals surface area contributed by atoms with Crippen molar-refractivity contribution in [2.75, 3.05) is 13.6 Å². The topological polar surface area (TPSA) is 40.6 Å². The minimum Gasteiger partial charge on any atom is -0.338 e. The first-order valence-electron chi connectivity index (χ1n) is 8.51. The van der Waals surface area contributed by atoms with Gasteiger partial charge in [-0.3, -0.25) is 9.59 Å². The Morgan fingerprint density at radius 3 is 2.73 bits per heavy atom. The van der Waals surface area contributed by atoms with Crippen LogP contribution in [0.15, 0.2) is 42.5 Å². The lowest BCUT2D eigenvalue weighted by Crippen LogP contribution is -2.27. The van der Waals surface area contributed by atoms with E-state index in [0.717, 1.165) is 18.5 Å². The van der Waals surface area contributed by atoms with Gasteiger partial charge in [-0.2, -0.15) is 0 Å². The van der Waals surface area contributed by atoms with Crippen LogP contribution in [0.5, 0.6) is 0 Å². The van der Waals surface area contributed by atoms with E-state index < -0.39 is 5.82 Å². The Kier molecular flexibility index (Phi) is 5.57. The second-order valence-corrected chi connectivity index (χ2v) is 6.89. The average molecular weight is 375 g/mol. The minimum atomic E-state index is -0.432. The van der Waals surface area contributed by atoms with Crippen LogP contribution in [-0.4, -0.2) is 35.2 Å². The van der Waals surface area contributed by atoms with Gasteiger partial charge in [0.2, 0.25) is 5.91 Å². The zero-order valence-electron chi connectivity index (χ0n) is 14.5. The number of carbonyl (C=O) groups excluding carboxylic acids is 2. The van der Waals surface area contributed by atoms with E-state index in [9.17, 15) is 14.0 Å². The molecule has 4 nitrogen and oxygen atoms in total. The van der Waals surface area contributed by atoms with E-state index in [2.05, 4.69) is 0 Å². The third-order valence-corrected chi connectivity index (χ3v) is 4.88. The van der Waals surface area contributed by atoms with Gasteiger partial charge in [-0.1, -0.05) is 29.8 Å². The molecule has 0 bridgehead atoms. The minimum absolute atomic E-state index is 0.0825. The number of rotatable bonds is 5. The molecule has 0 aromatic heterocycles. The van der Waals surface area contributed by atoms with Gasteiger partial charge in [0, 0.05) is 49.3 Å². The molecule has 1 saturated heterocycles. The van der Waals surface area contributed by atoms with Crippen LogP contribution in [0, 0.1) is 5.82 Å². The van der Waals surface area contributed by atoms with Crippen molar-refractivity contribution in [2.45, 2.75) is 25.9 Å². The number of benzene rings is 2. The lowest BCUT2D eigenvalue weighted by Gasteiger charge is -2.20. The predicted octanol–water partition coefficient (Wildman–Crippen LogP) is 3.87. The molecule has 6 heteroatoms. The highest BCUT2D eigenvalue weighted by Crippen LogP contribution is 2.21. The molecule has 0 spiro atoms. The lowest BCUT2D eigenvalue weighted by atomic mass is 10.1. The van der Waals surface area contributed by atoms with E-state index in [0.29, 0.717) is 29.1 Å². The van der Waals surface area contributed by atoms with E-state index in [4.69, 9.17) is 11.6 Å². The first-order chi connectivity index (χ1) is 12.5. The summed E-state index contributed by atoms with van der Waals surface area (Å²) in [5.41, 5.74) is 1.70. The van der Waals surface area contributed by atoms with Gasteiger partial charge < -0.3 is 9.80 Å². The molecule has 2 aromatic carbocycles. The maximum Gasteiger partial charge on any atom is 0.253 e. The molecule has 2 aromatic rings. The van der Waals surface area contributed by atoms with E-state index in [1.807, 2.05) is 6.07 Å². The van der Waals surface area contributed by atoms with Gasteiger partial charge in [0.1, 0.15) is 5.82 Å². The lowest BCUT2D eigenvalue weighted by molar-refractivity contribution is -0.128. The molecule has 1 aliphatic heterocycles. The van der Waals surface area contributed by atoms with Crippen LogP contribution in [-0.2, 0) is 17.9 Å². The van der Waals surface area contributed by atoms with Gasteiger partial charge in [-0.15, -0.1) is 0 Å². The first kappa shape index (κ1) is 18.4. The van der Waals surface area contributed by atoms with Gasteiger partial charge >= 0.3 is 0 Å². The standard InChI is InChI=1S/C20H20ClFN2O2/c1-23(13-16-17(21)7-3-8-18(16)22)20(26)15-6-2-5-14(11-15)12-24-10-4-9-19(24)25/h2-3,5-8,11H,4,9-10,12-13H2,1H3. The molecule has 2 amide bonds. The third-order valence-electron chi connectivity index (χ3n) is 4.52. The van der Waals surface area contributed by atoms with Gasteiger partial charge in [0.05, 0.1) is 0 Å². The quantitative estimate of drug-likeness (QED) is 0.797. The maximum absolute atomic E-state index is 13.9. The third kappa shape index (κ3) is 4.05. The summed E-state index contributed by atoms with van der Waals surface area (Å²) in [7, 11) is 1.61. The van der Waals surface area contributed by atoms with Crippen molar-refractivity contribution < 1.29 is 14.0 Å². The molecule has 136 valence electrons. The second kappa shape index (κ2) is 7.87. The molecular weight excluding hydrogens is 355 g/mol. The molecule has 1 heterocycles. The Labute approximate surface area is 157 Å². The molecule has 0 saturated carbocycles. The Balaban J connectivity index is 1.73. The fourth-order valence-corrected chi connectivity index (χ4v) is 3.33. The summed E-state index contributed by atoms with van der Waals surface area (Å²) in [6, 6.07) is 11.7. The summed E-state index contributed by atoms with van der Waals surface area (Å²) in [6.07, 6.45) is 1.47. The van der Waals surface area contributed by atoms with Crippen molar-refractivity contribution in [3.63, 3.8) is 0 Å². The van der Waals surface area contributed by atoms with Gasteiger partial charge in [0.15, 0.2) is 0 Å². The molecule has 0 N–H and O–H groups in total. The van der Waals surface area contributed by atoms with Gasteiger partial charge in [0.25, 0.3) is 5.91 Å². The Morgan fingerprint density at radius 2 is 2.04 bits per heavy atom. The number of hydrogen-bond donors (Lipinski definition) is 0. The number of carbonyl (C=O) groups is 2. The Bertz CT molecular complexity index is 820. The Hall–Kier alpha value is -2.40. The smallest absolute Gasteiger partial charge is 0.253 e. The molecule has 3 rings (SSSR count). The molecule has 0 aliphatic carbocycles. The molecule has 1 aliphatic rings. The average Bonchev–Trinajstić information content (AvgIpc) is 3.02. The highest BCUT2D eigenvalue weighted by molar-refractivity contribution is 6.31. The zero-order chi connectivity index (χ0) is 18.7. The summed E-state index contributed by atoms with van der Waals surface area (Å²) in [6.45, 7) is 1.34. The number of amides is 2. The number of hydrogen-bond acceptors (Lipinski definition) is 2. The van der Waals surface area contributed by atoms with Crippen molar-refractivity contribution in [3.8, 4) is 0 Å². The molecular formula is C20H20ClFN2O2. The van der Waals surface area contributed by atoms with E-state index in [-0.39, 0.29) is 18.4 Å². The zero-order valence-corrected chi connectivity index (χ0v) is 15.3. The monoisotopic (exact) mass is 374 g/mol. The largest absolute Gasteiger partial charge is 0.338 e. The van der Waals surface area contributed by atoms with E-state index >= 15 is 0 Å². The number of halogens is 2. The summed E-state index contributed by atoms with van der Waals surface area (Å²) < 4.78 is 13.9. The van der Waals surface area contributed by atoms with Crippen LogP contribution < -0.4 is 0 Å². The van der Waals surface area contributed by atoms with Crippen LogP contribution >= 0.6 is 11.6 Å². The summed E-state index contributed by atoms with van der Waals surface area (Å²) in [5.74, 6) is -0.509. The van der Waals surface area contributed by atoms with Crippen molar-refractivity contribution in [2.24, 2.45) is 0 Å². The maximum atomic E-state index is 13.9. The molecule has 0 unspecified atom stereocenters. The van der Waals surface area contributed by atoms with Crippen LogP contribution in [0.1, 0.15) is 34.3 Å². The normalized spacial score (nSPS) is 14.0. The second-order valence-electron chi connectivity index (χ2n) is 6.48. The fraction of sp³-hybridized carbons (Fsp3) is 0.300. The van der Waals surface area contributed by atoms with Gasteiger partial charge in [-0.05, 0) is 36.2 Å². The summed E-state index contributed by atoms with van der Waals surface area (Å²) >= 11 is 6.04. The highest BCUT2D eigenvalue weighted by Gasteiger charge is 2.21. The number of nitrogens with zero attached hydrogens (tertiary/aromatic N) is 2. The first-order valence-corrected chi connectivity index (χ1v) is 8.88. The molecule has 0 atom stereocenters. The van der Waals surface area contributed by atoms with Gasteiger partial charge in [-0.25, -0.2) is 4.39 Å². The molecule has 1 fully saturated rings. The highest BCUT2D eigenvalue weighted by atomic mass is 35.5. The van der Waals surface area contributed by atoms with Crippen molar-refractivity contribution in [1.82, 2.24) is 9.80 Å². The van der Waals surface area contributed by atoms with Crippen LogP contribution in [0.2, 0.25) is 5.02 Å². The summed E-state index contributed by atoms with van der Waals surface area (Å²) in [5, 5.41) is 0.297. The molecule has 26 heavy (non-hydrogen) atoms. The summed E-state index contributed by atoms with van der Waals surface area (Å²) in [4.78, 5) is 27.7. The van der Waals surface area contributed by atoms with Crippen molar-refractivity contribution in [3.05, 3.63) is 70.0 Å². The SMILES string of the molecule is CN(Cc1c(F)cccc1Cl)C(=O)c1cccc(CN2CCCC2=O)c1. The Morgan fingerprint density at radius 1 is 1.27 bits per heavy atom. The van der Waals surface area contributed by atoms with Crippen LogP contribution in [0.3, 0.4) is 0 Å².